The Labute approximate surface area is 96.9 Å². The Morgan fingerprint density at radius 2 is 1.88 bits per heavy atom. The molecule has 92 valence electrons. The van der Waals surface area contributed by atoms with E-state index < -0.39 is 15.8 Å². The molecule has 1 aromatic carbocycles. The molecule has 0 atom stereocenters. The Kier molecular flexibility index (Phi) is 2.86. The van der Waals surface area contributed by atoms with E-state index in [4.69, 9.17) is 0 Å². The summed E-state index contributed by atoms with van der Waals surface area (Å²) in [7, 11) is -4.69. The van der Waals surface area contributed by atoms with Gasteiger partial charge in [-0.05, 0) is 12.1 Å². The van der Waals surface area contributed by atoms with Crippen LogP contribution in [-0.4, -0.2) is 26.5 Å². The number of nitrogens with zero attached hydrogens (tertiary/aromatic N) is 1. The van der Waals surface area contributed by atoms with E-state index in [0.29, 0.717) is 4.31 Å². The number of carbonyl (C=O) groups excluding carboxylic acids is 1. The number of para-hydroxylation sites is 1. The fourth-order valence-corrected chi connectivity index (χ4v) is 2.72. The number of hydrogen-bond acceptors (Lipinski definition) is 3. The van der Waals surface area contributed by atoms with Crippen molar-refractivity contribution in [2.75, 3.05) is 10.8 Å². The molecule has 0 aromatic heterocycles. The van der Waals surface area contributed by atoms with Crippen LogP contribution in [0.4, 0.5) is 14.5 Å². The molecule has 0 fully saturated rings. The quantitative estimate of drug-likeness (QED) is 0.813. The van der Waals surface area contributed by atoms with Crippen LogP contribution in [0.15, 0.2) is 24.3 Å². The predicted octanol–water partition coefficient (Wildman–Crippen LogP) is 1.63. The van der Waals surface area contributed by atoms with Gasteiger partial charge in [-0.25, -0.2) is 8.42 Å². The SMILES string of the molecule is O=C1CCN(S(=O)(=O)C(F)F)c2ccccc21. The van der Waals surface area contributed by atoms with E-state index in [9.17, 15) is 22.0 Å². The maximum absolute atomic E-state index is 12.5. The van der Waals surface area contributed by atoms with Crippen LogP contribution in [0.5, 0.6) is 0 Å². The Hall–Kier alpha value is -1.50. The normalized spacial score (nSPS) is 16.2. The summed E-state index contributed by atoms with van der Waals surface area (Å²) < 4.78 is 48.4. The number of rotatable bonds is 2. The zero-order valence-electron chi connectivity index (χ0n) is 8.64. The largest absolute Gasteiger partial charge is 0.355 e. The fourth-order valence-electron chi connectivity index (χ4n) is 1.75. The molecule has 0 spiro atoms. The van der Waals surface area contributed by atoms with Gasteiger partial charge < -0.3 is 0 Å². The van der Waals surface area contributed by atoms with Crippen LogP contribution in [0, 0.1) is 0 Å². The number of fused-ring (bicyclic) bond motifs is 1. The van der Waals surface area contributed by atoms with Crippen LogP contribution >= 0.6 is 0 Å². The molecule has 0 N–H and O–H groups in total. The van der Waals surface area contributed by atoms with Crippen LogP contribution < -0.4 is 4.31 Å². The van der Waals surface area contributed by atoms with Crippen LogP contribution in [0.25, 0.3) is 0 Å². The number of carbonyl (C=O) groups is 1. The van der Waals surface area contributed by atoms with E-state index in [1.807, 2.05) is 0 Å². The highest BCUT2D eigenvalue weighted by Gasteiger charge is 2.36. The first-order valence-corrected chi connectivity index (χ1v) is 6.37. The molecular formula is C10H9F2NO3S. The highest BCUT2D eigenvalue weighted by Crippen LogP contribution is 2.30. The van der Waals surface area contributed by atoms with E-state index in [1.54, 1.807) is 6.07 Å². The van der Waals surface area contributed by atoms with Gasteiger partial charge in [0.1, 0.15) is 0 Å². The maximum atomic E-state index is 12.5. The minimum absolute atomic E-state index is 0.0315. The number of ketones is 1. The minimum atomic E-state index is -4.69. The van der Waals surface area contributed by atoms with Gasteiger partial charge in [0.25, 0.3) is 10.0 Å². The second-order valence-electron chi connectivity index (χ2n) is 3.57. The number of alkyl halides is 2. The molecule has 1 aromatic rings. The van der Waals surface area contributed by atoms with E-state index in [2.05, 4.69) is 0 Å². The van der Waals surface area contributed by atoms with Gasteiger partial charge in [-0.3, -0.25) is 9.10 Å². The van der Waals surface area contributed by atoms with Gasteiger partial charge >= 0.3 is 5.76 Å². The fraction of sp³-hybridized carbons (Fsp3) is 0.300. The minimum Gasteiger partial charge on any atom is -0.294 e. The Morgan fingerprint density at radius 1 is 1.24 bits per heavy atom. The summed E-state index contributed by atoms with van der Waals surface area (Å²) in [6.45, 7) is -0.234. The molecule has 0 saturated heterocycles. The Bertz CT molecular complexity index is 556. The topological polar surface area (TPSA) is 54.5 Å². The van der Waals surface area contributed by atoms with Crippen molar-refractivity contribution < 1.29 is 22.0 Å². The summed E-state index contributed by atoms with van der Waals surface area (Å²) in [5, 5.41) is 0. The highest BCUT2D eigenvalue weighted by molar-refractivity contribution is 7.93. The van der Waals surface area contributed by atoms with Gasteiger partial charge in [0, 0.05) is 18.5 Å². The lowest BCUT2D eigenvalue weighted by atomic mass is 10.0. The first-order valence-electron chi connectivity index (χ1n) is 4.86. The lowest BCUT2D eigenvalue weighted by Gasteiger charge is -2.29. The Balaban J connectivity index is 2.55. The van der Waals surface area contributed by atoms with Crippen LogP contribution in [0.3, 0.4) is 0 Å². The maximum Gasteiger partial charge on any atom is 0.355 e. The summed E-state index contributed by atoms with van der Waals surface area (Å²) in [6, 6.07) is 5.86. The second-order valence-corrected chi connectivity index (χ2v) is 5.40. The van der Waals surface area contributed by atoms with Crippen molar-refractivity contribution in [1.82, 2.24) is 0 Å². The zero-order valence-corrected chi connectivity index (χ0v) is 9.45. The molecule has 1 aliphatic heterocycles. The van der Waals surface area contributed by atoms with Crippen molar-refractivity contribution in [2.45, 2.75) is 12.2 Å². The second kappa shape index (κ2) is 4.06. The van der Waals surface area contributed by atoms with Gasteiger partial charge in [-0.2, -0.15) is 8.78 Å². The molecule has 0 radical (unpaired) electrons. The van der Waals surface area contributed by atoms with Crippen molar-refractivity contribution in [1.29, 1.82) is 0 Å². The third-order valence-electron chi connectivity index (χ3n) is 2.55. The van der Waals surface area contributed by atoms with Gasteiger partial charge in [0.2, 0.25) is 0 Å². The molecular weight excluding hydrogens is 252 g/mol. The molecule has 4 nitrogen and oxygen atoms in total. The van der Waals surface area contributed by atoms with E-state index in [-0.39, 0.29) is 30.0 Å². The molecule has 0 bridgehead atoms. The Morgan fingerprint density at radius 3 is 2.53 bits per heavy atom. The van der Waals surface area contributed by atoms with Crippen molar-refractivity contribution in [2.24, 2.45) is 0 Å². The first-order chi connectivity index (χ1) is 7.94. The molecule has 1 aliphatic rings. The van der Waals surface area contributed by atoms with Gasteiger partial charge in [-0.1, -0.05) is 12.1 Å². The van der Waals surface area contributed by atoms with Crippen LogP contribution in [0.2, 0.25) is 0 Å². The van der Waals surface area contributed by atoms with Gasteiger partial charge in [-0.15, -0.1) is 0 Å². The number of benzene rings is 1. The van der Waals surface area contributed by atoms with Crippen molar-refractivity contribution in [3.05, 3.63) is 29.8 Å². The van der Waals surface area contributed by atoms with E-state index in [0.717, 1.165) is 0 Å². The summed E-state index contributed by atoms with van der Waals surface area (Å²) >= 11 is 0. The van der Waals surface area contributed by atoms with E-state index >= 15 is 0 Å². The molecule has 17 heavy (non-hydrogen) atoms. The highest BCUT2D eigenvalue weighted by atomic mass is 32.2. The van der Waals surface area contributed by atoms with Gasteiger partial charge in [0.05, 0.1) is 5.69 Å². The van der Waals surface area contributed by atoms with Gasteiger partial charge in [0.15, 0.2) is 5.78 Å². The third kappa shape index (κ3) is 1.90. The first kappa shape index (κ1) is 12.0. The van der Waals surface area contributed by atoms with Crippen molar-refractivity contribution >= 4 is 21.5 Å². The van der Waals surface area contributed by atoms with Crippen LogP contribution in [0.1, 0.15) is 16.8 Å². The number of hydrogen-bond donors (Lipinski definition) is 0. The van der Waals surface area contributed by atoms with Crippen molar-refractivity contribution in [3.8, 4) is 0 Å². The predicted molar refractivity (Wildman–Crippen MR) is 57.7 cm³/mol. The van der Waals surface area contributed by atoms with Crippen LogP contribution in [-0.2, 0) is 10.0 Å². The molecule has 0 amide bonds. The monoisotopic (exact) mass is 261 g/mol. The summed E-state index contributed by atoms with van der Waals surface area (Å²) in [4.78, 5) is 11.5. The molecule has 0 unspecified atom stereocenters. The number of anilines is 1. The lowest BCUT2D eigenvalue weighted by Crippen LogP contribution is -2.40. The molecule has 0 saturated carbocycles. The molecule has 7 heteroatoms. The molecule has 2 rings (SSSR count). The zero-order chi connectivity index (χ0) is 12.6. The molecule has 0 aliphatic carbocycles. The van der Waals surface area contributed by atoms with Crippen molar-refractivity contribution in [3.63, 3.8) is 0 Å². The number of Topliss-reactive ketones (excluding diaryl/α,β-unsaturated/α-hetero) is 1. The molecule has 1 heterocycles. The number of sulfonamides is 1. The average molecular weight is 261 g/mol. The summed E-state index contributed by atoms with van der Waals surface area (Å²) in [6.07, 6.45) is -0.0804. The lowest BCUT2D eigenvalue weighted by molar-refractivity contribution is 0.0981. The summed E-state index contributed by atoms with van der Waals surface area (Å²) in [5.74, 6) is -3.72. The smallest absolute Gasteiger partial charge is 0.294 e. The standard InChI is InChI=1S/C10H9F2NO3S/c11-10(12)17(15,16)13-6-5-9(14)7-3-1-2-4-8(7)13/h1-4,10H,5-6H2. The van der Waals surface area contributed by atoms with E-state index in [1.165, 1.54) is 18.2 Å². The summed E-state index contributed by atoms with van der Waals surface area (Å²) in [5.41, 5.74) is 0.201. The number of halogens is 2. The third-order valence-corrected chi connectivity index (χ3v) is 3.99. The average Bonchev–Trinajstić information content (AvgIpc) is 2.29.